The fourth-order valence-corrected chi connectivity index (χ4v) is 3.67. The van der Waals surface area contributed by atoms with Gasteiger partial charge in [-0.15, -0.1) is 0 Å². The second-order valence-corrected chi connectivity index (χ2v) is 7.34. The maximum Gasteiger partial charge on any atom is 0.340 e. The lowest BCUT2D eigenvalue weighted by Gasteiger charge is -2.37. The van der Waals surface area contributed by atoms with Gasteiger partial charge in [0.2, 0.25) is 5.91 Å². The molecule has 1 aliphatic rings. The average Bonchev–Trinajstić information content (AvgIpc) is 2.75. The summed E-state index contributed by atoms with van der Waals surface area (Å²) in [5.41, 5.74) is -0.0629. The van der Waals surface area contributed by atoms with E-state index in [4.69, 9.17) is 16.3 Å². The molecule has 0 aromatic heterocycles. The number of ether oxygens (including phenoxy) is 1. The first-order valence-corrected chi connectivity index (χ1v) is 10.1. The zero-order chi connectivity index (χ0) is 22.5. The first-order chi connectivity index (χ1) is 14.8. The number of non-ortho nitro benzene ring substituents is 1. The van der Waals surface area contributed by atoms with E-state index in [9.17, 15) is 24.1 Å². The number of nitrogens with zero attached hydrogens (tertiary/aromatic N) is 3. The number of benzene rings is 2. The third-order valence-electron chi connectivity index (χ3n) is 5.00. The topological polar surface area (TPSA) is 93.0 Å². The molecule has 2 aromatic rings. The fraction of sp³-hybridized carbons (Fsp3) is 0.333. The van der Waals surface area contributed by atoms with Crippen molar-refractivity contribution in [1.82, 2.24) is 4.90 Å². The number of hydrogen-bond donors (Lipinski definition) is 0. The van der Waals surface area contributed by atoms with Gasteiger partial charge in [-0.2, -0.15) is 0 Å². The van der Waals surface area contributed by atoms with Crippen molar-refractivity contribution >= 4 is 34.9 Å². The van der Waals surface area contributed by atoms with Crippen LogP contribution in [0.3, 0.4) is 0 Å². The van der Waals surface area contributed by atoms with Crippen LogP contribution >= 0.6 is 11.6 Å². The van der Waals surface area contributed by atoms with E-state index in [1.54, 1.807) is 41.0 Å². The minimum absolute atomic E-state index is 0.0485. The van der Waals surface area contributed by atoms with Gasteiger partial charge in [0, 0.05) is 37.3 Å². The molecule has 1 heterocycles. The van der Waals surface area contributed by atoms with E-state index in [-0.39, 0.29) is 43.3 Å². The molecule has 2 aromatic carbocycles. The van der Waals surface area contributed by atoms with Gasteiger partial charge in [-0.05, 0) is 18.6 Å². The van der Waals surface area contributed by atoms with E-state index >= 15 is 0 Å². The highest BCUT2D eigenvalue weighted by Crippen LogP contribution is 2.31. The van der Waals surface area contributed by atoms with Gasteiger partial charge in [0.25, 0.3) is 5.69 Å². The predicted octanol–water partition coefficient (Wildman–Crippen LogP) is 3.46. The van der Waals surface area contributed by atoms with Crippen LogP contribution in [0, 0.1) is 15.9 Å². The Labute approximate surface area is 183 Å². The Morgan fingerprint density at radius 1 is 1.19 bits per heavy atom. The van der Waals surface area contributed by atoms with Crippen LogP contribution in [0.1, 0.15) is 22.8 Å². The summed E-state index contributed by atoms with van der Waals surface area (Å²) in [6.45, 7) is 2.77. The smallest absolute Gasteiger partial charge is 0.340 e. The first-order valence-electron chi connectivity index (χ1n) is 9.73. The molecule has 1 fully saturated rings. The van der Waals surface area contributed by atoms with E-state index < -0.39 is 22.4 Å². The van der Waals surface area contributed by atoms with Crippen LogP contribution < -0.4 is 4.90 Å². The van der Waals surface area contributed by atoms with Crippen LogP contribution in [0.15, 0.2) is 36.4 Å². The second kappa shape index (κ2) is 9.74. The summed E-state index contributed by atoms with van der Waals surface area (Å²) in [6, 6.07) is 8.90. The molecule has 1 aliphatic heterocycles. The molecule has 0 unspecified atom stereocenters. The Kier molecular flexibility index (Phi) is 7.06. The van der Waals surface area contributed by atoms with Gasteiger partial charge in [-0.1, -0.05) is 29.8 Å². The summed E-state index contributed by atoms with van der Waals surface area (Å²) in [5.74, 6) is -1.83. The number of piperazine rings is 1. The monoisotopic (exact) mass is 449 g/mol. The molecular weight excluding hydrogens is 429 g/mol. The SMILES string of the molecule is CCOC(=O)c1cc([N+](=O)[O-])cc(F)c1N1CCN(C(=O)Cc2ccccc2Cl)CC1. The molecule has 8 nitrogen and oxygen atoms in total. The third-order valence-corrected chi connectivity index (χ3v) is 5.37. The number of carbonyl (C=O) groups excluding carboxylic acids is 2. The number of nitro groups is 1. The van der Waals surface area contributed by atoms with Crippen LogP contribution in [0.25, 0.3) is 0 Å². The van der Waals surface area contributed by atoms with Gasteiger partial charge in [-0.3, -0.25) is 14.9 Å². The van der Waals surface area contributed by atoms with Crippen molar-refractivity contribution < 1.29 is 23.6 Å². The molecule has 1 saturated heterocycles. The number of halogens is 2. The van der Waals surface area contributed by atoms with Gasteiger partial charge in [0.05, 0.1) is 35.3 Å². The summed E-state index contributed by atoms with van der Waals surface area (Å²) in [7, 11) is 0. The number of anilines is 1. The number of esters is 1. The Morgan fingerprint density at radius 2 is 1.87 bits per heavy atom. The lowest BCUT2D eigenvalue weighted by atomic mass is 10.1. The quantitative estimate of drug-likeness (QED) is 0.381. The molecule has 0 spiro atoms. The van der Waals surface area contributed by atoms with Crippen molar-refractivity contribution in [1.29, 1.82) is 0 Å². The molecule has 0 radical (unpaired) electrons. The summed E-state index contributed by atoms with van der Waals surface area (Å²) < 4.78 is 19.7. The van der Waals surface area contributed by atoms with Crippen LogP contribution in [-0.4, -0.2) is 54.5 Å². The molecule has 164 valence electrons. The fourth-order valence-electron chi connectivity index (χ4n) is 3.47. The van der Waals surface area contributed by atoms with Crippen molar-refractivity contribution in [3.05, 3.63) is 68.5 Å². The van der Waals surface area contributed by atoms with Gasteiger partial charge >= 0.3 is 5.97 Å². The van der Waals surface area contributed by atoms with E-state index in [2.05, 4.69) is 0 Å². The molecular formula is C21H21ClFN3O5. The Bertz CT molecular complexity index is 1010. The third kappa shape index (κ3) is 5.11. The molecule has 0 saturated carbocycles. The maximum absolute atomic E-state index is 14.8. The minimum Gasteiger partial charge on any atom is -0.462 e. The molecule has 3 rings (SSSR count). The zero-order valence-electron chi connectivity index (χ0n) is 16.8. The number of carbonyl (C=O) groups is 2. The van der Waals surface area contributed by atoms with Gasteiger partial charge < -0.3 is 14.5 Å². The van der Waals surface area contributed by atoms with Crippen LogP contribution in [0.2, 0.25) is 5.02 Å². The van der Waals surface area contributed by atoms with Gasteiger partial charge in [-0.25, -0.2) is 9.18 Å². The highest BCUT2D eigenvalue weighted by atomic mass is 35.5. The van der Waals surface area contributed by atoms with E-state index in [1.807, 2.05) is 0 Å². The lowest BCUT2D eigenvalue weighted by molar-refractivity contribution is -0.385. The zero-order valence-corrected chi connectivity index (χ0v) is 17.6. The van der Waals surface area contributed by atoms with Crippen molar-refractivity contribution in [2.45, 2.75) is 13.3 Å². The van der Waals surface area contributed by atoms with Crippen LogP contribution in [0.5, 0.6) is 0 Å². The normalized spacial score (nSPS) is 13.8. The Morgan fingerprint density at radius 3 is 2.48 bits per heavy atom. The number of nitro benzene ring substituents is 1. The van der Waals surface area contributed by atoms with Crippen molar-refractivity contribution in [2.75, 3.05) is 37.7 Å². The summed E-state index contributed by atoms with van der Waals surface area (Å²) >= 11 is 6.12. The van der Waals surface area contributed by atoms with E-state index in [0.29, 0.717) is 18.1 Å². The standard InChI is InChI=1S/C21H21ClFN3O5/c1-2-31-21(28)16-12-15(26(29)30)13-18(23)20(16)25-9-7-24(8-10-25)19(27)11-14-5-3-4-6-17(14)22/h3-6,12-13H,2,7-11H2,1H3. The summed E-state index contributed by atoms with van der Waals surface area (Å²) in [5, 5.41) is 11.6. The minimum atomic E-state index is -0.881. The van der Waals surface area contributed by atoms with Crippen molar-refractivity contribution in [3.8, 4) is 0 Å². The lowest BCUT2D eigenvalue weighted by Crippen LogP contribution is -2.49. The number of amides is 1. The molecule has 0 N–H and O–H groups in total. The highest BCUT2D eigenvalue weighted by molar-refractivity contribution is 6.31. The Hall–Kier alpha value is -3.20. The van der Waals surface area contributed by atoms with Gasteiger partial charge in [0.15, 0.2) is 5.82 Å². The molecule has 10 heteroatoms. The first kappa shape index (κ1) is 22.5. The molecule has 0 atom stereocenters. The van der Waals surface area contributed by atoms with Crippen LogP contribution in [0.4, 0.5) is 15.8 Å². The van der Waals surface area contributed by atoms with E-state index in [1.165, 1.54) is 0 Å². The molecule has 0 bridgehead atoms. The summed E-state index contributed by atoms with van der Waals surface area (Å²) in [4.78, 5) is 38.5. The van der Waals surface area contributed by atoms with Crippen molar-refractivity contribution in [3.63, 3.8) is 0 Å². The van der Waals surface area contributed by atoms with Crippen LogP contribution in [-0.2, 0) is 16.0 Å². The van der Waals surface area contributed by atoms with Crippen molar-refractivity contribution in [2.24, 2.45) is 0 Å². The molecule has 0 aliphatic carbocycles. The Balaban J connectivity index is 1.77. The largest absolute Gasteiger partial charge is 0.462 e. The molecule has 31 heavy (non-hydrogen) atoms. The maximum atomic E-state index is 14.8. The predicted molar refractivity (Wildman–Crippen MR) is 113 cm³/mol. The molecule has 1 amide bonds. The second-order valence-electron chi connectivity index (χ2n) is 6.94. The average molecular weight is 450 g/mol. The number of rotatable bonds is 6. The van der Waals surface area contributed by atoms with E-state index in [0.717, 1.165) is 17.7 Å². The highest BCUT2D eigenvalue weighted by Gasteiger charge is 2.29. The summed E-state index contributed by atoms with van der Waals surface area (Å²) in [6.07, 6.45) is 0.152. The number of hydrogen-bond acceptors (Lipinski definition) is 6. The van der Waals surface area contributed by atoms with Gasteiger partial charge in [0.1, 0.15) is 0 Å².